The van der Waals surface area contributed by atoms with Gasteiger partial charge in [0.1, 0.15) is 23.1 Å². The monoisotopic (exact) mass is 407 g/mol. The van der Waals surface area contributed by atoms with Gasteiger partial charge in [0.2, 0.25) is 5.95 Å². The smallest absolute Gasteiger partial charge is 0.285 e. The number of allylic oxidation sites excluding steroid dienone is 1. The molecule has 3 aromatic rings. The van der Waals surface area contributed by atoms with E-state index in [0.717, 1.165) is 4.57 Å². The highest BCUT2D eigenvalue weighted by Gasteiger charge is 2.27. The predicted molar refractivity (Wildman–Crippen MR) is 105 cm³/mol. The Hall–Kier alpha value is -3.96. The van der Waals surface area contributed by atoms with Crippen LogP contribution in [0.4, 0.5) is 10.3 Å². The molecule has 1 aliphatic rings. The Morgan fingerprint density at radius 3 is 2.41 bits per heavy atom. The molecule has 29 heavy (non-hydrogen) atoms. The SMILES string of the molecule is N#Cc1c(-c2ccc(F)cc2)nc2n(c1=O)C(=O)/C(=C/c1ccc(Cl)cc1)NN2. The number of carbonyl (C=O) groups is 1. The molecule has 0 spiro atoms. The number of rotatable bonds is 2. The molecule has 2 aromatic carbocycles. The lowest BCUT2D eigenvalue weighted by Crippen LogP contribution is -2.44. The molecule has 0 fully saturated rings. The van der Waals surface area contributed by atoms with Gasteiger partial charge in [0, 0.05) is 10.6 Å². The van der Waals surface area contributed by atoms with Gasteiger partial charge in [-0.15, -0.1) is 0 Å². The maximum absolute atomic E-state index is 13.2. The van der Waals surface area contributed by atoms with Crippen molar-refractivity contribution in [1.29, 1.82) is 5.26 Å². The summed E-state index contributed by atoms with van der Waals surface area (Å²) in [6.07, 6.45) is 1.53. The topological polar surface area (TPSA) is 99.8 Å². The van der Waals surface area contributed by atoms with Crippen molar-refractivity contribution in [2.75, 3.05) is 5.43 Å². The van der Waals surface area contributed by atoms with Gasteiger partial charge in [-0.25, -0.2) is 13.9 Å². The molecule has 9 heteroatoms. The quantitative estimate of drug-likeness (QED) is 0.633. The summed E-state index contributed by atoms with van der Waals surface area (Å²) in [6.45, 7) is 0. The van der Waals surface area contributed by atoms with Crippen LogP contribution in [0.1, 0.15) is 15.9 Å². The van der Waals surface area contributed by atoms with Gasteiger partial charge in [-0.3, -0.25) is 20.4 Å². The third-order valence-corrected chi connectivity index (χ3v) is 4.49. The molecule has 2 N–H and O–H groups in total. The average molecular weight is 408 g/mol. The normalized spacial score (nSPS) is 14.0. The number of anilines is 1. The largest absolute Gasteiger partial charge is 0.293 e. The molecule has 0 saturated carbocycles. The number of benzene rings is 2. The van der Waals surface area contributed by atoms with Gasteiger partial charge in [0.05, 0.1) is 5.69 Å². The van der Waals surface area contributed by atoms with Crippen molar-refractivity contribution in [3.05, 3.63) is 86.5 Å². The lowest BCUT2D eigenvalue weighted by Gasteiger charge is -2.22. The highest BCUT2D eigenvalue weighted by Crippen LogP contribution is 2.23. The molecule has 7 nitrogen and oxygen atoms in total. The van der Waals surface area contributed by atoms with Crippen LogP contribution in [0.15, 0.2) is 59.0 Å². The summed E-state index contributed by atoms with van der Waals surface area (Å²) in [6, 6.07) is 13.7. The second-order valence-corrected chi connectivity index (χ2v) is 6.52. The van der Waals surface area contributed by atoms with Crippen LogP contribution in [0.25, 0.3) is 17.3 Å². The third kappa shape index (κ3) is 3.35. The van der Waals surface area contributed by atoms with E-state index in [-0.39, 0.29) is 22.9 Å². The molecule has 1 aromatic heterocycles. The second kappa shape index (κ2) is 7.22. The summed E-state index contributed by atoms with van der Waals surface area (Å²) < 4.78 is 14.0. The van der Waals surface area contributed by atoms with E-state index in [4.69, 9.17) is 11.6 Å². The first kappa shape index (κ1) is 18.4. The maximum Gasteiger partial charge on any atom is 0.285 e. The van der Waals surface area contributed by atoms with Crippen LogP contribution in [0.3, 0.4) is 0 Å². The number of aromatic nitrogens is 2. The summed E-state index contributed by atoms with van der Waals surface area (Å²) in [7, 11) is 0. The first-order valence-corrected chi connectivity index (χ1v) is 8.73. The van der Waals surface area contributed by atoms with Crippen molar-refractivity contribution < 1.29 is 9.18 Å². The standard InChI is InChI=1S/C20H11ClFN5O2/c21-13-5-1-11(2-6-13)9-16-19(29)27-18(28)15(10-23)17(24-20(27)26-25-16)12-3-7-14(22)8-4-12/h1-9,25H,(H,24,26)/b16-9-. The first-order valence-electron chi connectivity index (χ1n) is 8.35. The molecular weight excluding hydrogens is 397 g/mol. The molecule has 142 valence electrons. The van der Waals surface area contributed by atoms with E-state index in [1.807, 2.05) is 0 Å². The number of hydrazine groups is 1. The lowest BCUT2D eigenvalue weighted by atomic mass is 10.1. The van der Waals surface area contributed by atoms with E-state index in [1.54, 1.807) is 30.3 Å². The minimum absolute atomic E-state index is 0.0518. The second-order valence-electron chi connectivity index (χ2n) is 6.08. The average Bonchev–Trinajstić information content (AvgIpc) is 2.72. The number of nitriles is 1. The zero-order valence-electron chi connectivity index (χ0n) is 14.6. The van der Waals surface area contributed by atoms with Crippen LogP contribution in [0, 0.1) is 17.1 Å². The summed E-state index contributed by atoms with van der Waals surface area (Å²) in [5, 5.41) is 10.0. The summed E-state index contributed by atoms with van der Waals surface area (Å²) >= 11 is 5.86. The fraction of sp³-hybridized carbons (Fsp3) is 0. The fourth-order valence-corrected chi connectivity index (χ4v) is 2.96. The van der Waals surface area contributed by atoms with Gasteiger partial charge < -0.3 is 0 Å². The summed E-state index contributed by atoms with van der Waals surface area (Å²) in [5.74, 6) is -1.21. The molecule has 1 aliphatic heterocycles. The van der Waals surface area contributed by atoms with E-state index in [0.29, 0.717) is 16.1 Å². The van der Waals surface area contributed by atoms with Crippen LogP contribution < -0.4 is 16.4 Å². The van der Waals surface area contributed by atoms with Crippen molar-refractivity contribution in [2.24, 2.45) is 0 Å². The van der Waals surface area contributed by atoms with Gasteiger partial charge in [-0.1, -0.05) is 23.7 Å². The molecule has 4 rings (SSSR count). The molecule has 0 bridgehead atoms. The minimum Gasteiger partial charge on any atom is -0.293 e. The predicted octanol–water partition coefficient (Wildman–Crippen LogP) is 3.19. The number of nitrogens with one attached hydrogen (secondary N) is 2. The van der Waals surface area contributed by atoms with Gasteiger partial charge >= 0.3 is 0 Å². The van der Waals surface area contributed by atoms with Crippen molar-refractivity contribution in [3.8, 4) is 17.3 Å². The van der Waals surface area contributed by atoms with Gasteiger partial charge in [-0.05, 0) is 48.0 Å². The maximum atomic E-state index is 13.2. The highest BCUT2D eigenvalue weighted by atomic mass is 35.5. The van der Waals surface area contributed by atoms with Gasteiger partial charge in [-0.2, -0.15) is 5.26 Å². The summed E-state index contributed by atoms with van der Waals surface area (Å²) in [4.78, 5) is 29.9. The van der Waals surface area contributed by atoms with Crippen LogP contribution >= 0.6 is 11.6 Å². The number of halogens is 2. The zero-order chi connectivity index (χ0) is 20.5. The van der Waals surface area contributed by atoms with Crippen LogP contribution in [0.5, 0.6) is 0 Å². The number of carbonyl (C=O) groups excluding carboxylic acids is 1. The van der Waals surface area contributed by atoms with Crippen molar-refractivity contribution in [3.63, 3.8) is 0 Å². The van der Waals surface area contributed by atoms with E-state index in [2.05, 4.69) is 15.8 Å². The Labute approximate surface area is 168 Å². The highest BCUT2D eigenvalue weighted by molar-refractivity contribution is 6.30. The Kier molecular flexibility index (Phi) is 4.58. The number of hydrogen-bond donors (Lipinski definition) is 2. The first-order chi connectivity index (χ1) is 14.0. The van der Waals surface area contributed by atoms with Gasteiger partial charge in [0.25, 0.3) is 11.5 Å². The Morgan fingerprint density at radius 2 is 1.76 bits per heavy atom. The van der Waals surface area contributed by atoms with Crippen molar-refractivity contribution >= 4 is 29.5 Å². The molecule has 0 saturated heterocycles. The minimum atomic E-state index is -0.821. The number of hydrogen-bond acceptors (Lipinski definition) is 6. The van der Waals surface area contributed by atoms with Crippen molar-refractivity contribution in [1.82, 2.24) is 15.0 Å². The Balaban J connectivity index is 1.82. The van der Waals surface area contributed by atoms with E-state index in [9.17, 15) is 19.2 Å². The van der Waals surface area contributed by atoms with Crippen LogP contribution in [-0.4, -0.2) is 15.5 Å². The molecule has 0 aliphatic carbocycles. The molecule has 0 amide bonds. The van der Waals surface area contributed by atoms with Crippen LogP contribution in [0.2, 0.25) is 5.02 Å². The van der Waals surface area contributed by atoms with E-state index >= 15 is 0 Å². The molecule has 0 atom stereocenters. The summed E-state index contributed by atoms with van der Waals surface area (Å²) in [5.41, 5.74) is 5.45. The molecular formula is C20H11ClFN5O2. The van der Waals surface area contributed by atoms with Crippen LogP contribution in [-0.2, 0) is 0 Å². The molecule has 0 radical (unpaired) electrons. The zero-order valence-corrected chi connectivity index (χ0v) is 15.4. The molecule has 0 unspecified atom stereocenters. The number of fused-ring (bicyclic) bond motifs is 1. The van der Waals surface area contributed by atoms with Gasteiger partial charge in [0.15, 0.2) is 0 Å². The molecule has 2 heterocycles. The lowest BCUT2D eigenvalue weighted by molar-refractivity contribution is 0.0939. The van der Waals surface area contributed by atoms with E-state index < -0.39 is 17.3 Å². The fourth-order valence-electron chi connectivity index (χ4n) is 2.83. The Morgan fingerprint density at radius 1 is 1.07 bits per heavy atom. The number of nitrogens with zero attached hydrogens (tertiary/aromatic N) is 3. The van der Waals surface area contributed by atoms with Crippen molar-refractivity contribution in [2.45, 2.75) is 0 Å². The Bertz CT molecular complexity index is 1260. The van der Waals surface area contributed by atoms with E-state index in [1.165, 1.54) is 30.3 Å². The third-order valence-electron chi connectivity index (χ3n) is 4.24.